The van der Waals surface area contributed by atoms with Crippen LogP contribution in [0.5, 0.6) is 5.75 Å². The molecule has 0 fully saturated rings. The summed E-state index contributed by atoms with van der Waals surface area (Å²) in [6.07, 6.45) is 0. The molecule has 3 aromatic carbocycles. The van der Waals surface area contributed by atoms with Crippen LogP contribution >= 0.6 is 11.6 Å². The Bertz CT molecular complexity index is 1010. The van der Waals surface area contributed by atoms with Crippen molar-refractivity contribution in [2.75, 3.05) is 6.61 Å². The molecule has 0 bridgehead atoms. The number of ether oxygens (including phenoxy) is 1. The molecule has 1 unspecified atom stereocenters. The zero-order chi connectivity index (χ0) is 21.3. The van der Waals surface area contributed by atoms with E-state index in [2.05, 4.69) is 10.6 Å². The molecule has 0 saturated carbocycles. The molecule has 0 heterocycles. The van der Waals surface area contributed by atoms with E-state index in [0.29, 0.717) is 22.9 Å². The van der Waals surface area contributed by atoms with E-state index in [-0.39, 0.29) is 24.5 Å². The van der Waals surface area contributed by atoms with Crippen molar-refractivity contribution in [2.24, 2.45) is 0 Å². The van der Waals surface area contributed by atoms with Gasteiger partial charge in [0.05, 0.1) is 11.6 Å². The van der Waals surface area contributed by atoms with Gasteiger partial charge < -0.3 is 15.4 Å². The van der Waals surface area contributed by atoms with Gasteiger partial charge in [0.2, 0.25) is 0 Å². The summed E-state index contributed by atoms with van der Waals surface area (Å²) in [4.78, 5) is 24.9. The maximum atomic E-state index is 12.6. The van der Waals surface area contributed by atoms with Crippen LogP contribution in [0.15, 0.2) is 78.9 Å². The average Bonchev–Trinajstić information content (AvgIpc) is 2.77. The number of hydrogen-bond acceptors (Lipinski definition) is 3. The van der Waals surface area contributed by atoms with Crippen LogP contribution in [0.3, 0.4) is 0 Å². The Morgan fingerprint density at radius 2 is 1.70 bits per heavy atom. The predicted molar refractivity (Wildman–Crippen MR) is 118 cm³/mol. The maximum Gasteiger partial charge on any atom is 0.258 e. The van der Waals surface area contributed by atoms with Crippen LogP contribution in [-0.4, -0.2) is 18.4 Å². The van der Waals surface area contributed by atoms with Gasteiger partial charge in [-0.15, -0.1) is 0 Å². The van der Waals surface area contributed by atoms with Gasteiger partial charge in [-0.05, 0) is 42.3 Å². The number of carbonyl (C=O) groups is 2. The van der Waals surface area contributed by atoms with Gasteiger partial charge in [-0.2, -0.15) is 0 Å². The molecule has 0 spiro atoms. The second-order valence-corrected chi connectivity index (χ2v) is 7.23. The van der Waals surface area contributed by atoms with Gasteiger partial charge in [-0.1, -0.05) is 66.2 Å². The van der Waals surface area contributed by atoms with E-state index in [9.17, 15) is 9.59 Å². The Hall–Kier alpha value is -3.31. The van der Waals surface area contributed by atoms with Gasteiger partial charge in [0.1, 0.15) is 5.75 Å². The topological polar surface area (TPSA) is 67.4 Å². The molecule has 0 saturated heterocycles. The number of rotatable bonds is 8. The number of nitrogens with one attached hydrogen (secondary N) is 2. The Kier molecular flexibility index (Phi) is 7.46. The Morgan fingerprint density at radius 1 is 0.967 bits per heavy atom. The summed E-state index contributed by atoms with van der Waals surface area (Å²) in [6, 6.07) is 23.6. The van der Waals surface area contributed by atoms with E-state index in [1.807, 2.05) is 49.4 Å². The molecule has 3 aromatic rings. The summed E-state index contributed by atoms with van der Waals surface area (Å²) in [5.74, 6) is -0.197. The molecule has 1 atom stereocenters. The minimum Gasteiger partial charge on any atom is -0.483 e. The lowest BCUT2D eigenvalue weighted by molar-refractivity contribution is -0.123. The van der Waals surface area contributed by atoms with Crippen molar-refractivity contribution in [3.8, 4) is 5.75 Å². The quantitative estimate of drug-likeness (QED) is 0.560. The molecule has 6 heteroatoms. The van der Waals surface area contributed by atoms with Crippen LogP contribution in [0.4, 0.5) is 0 Å². The highest BCUT2D eigenvalue weighted by atomic mass is 35.5. The van der Waals surface area contributed by atoms with Crippen LogP contribution in [0.1, 0.15) is 34.5 Å². The van der Waals surface area contributed by atoms with Gasteiger partial charge in [0.15, 0.2) is 6.61 Å². The maximum absolute atomic E-state index is 12.6. The summed E-state index contributed by atoms with van der Waals surface area (Å²) in [7, 11) is 0. The van der Waals surface area contributed by atoms with E-state index in [0.717, 1.165) is 11.1 Å². The second-order valence-electron chi connectivity index (χ2n) is 6.80. The van der Waals surface area contributed by atoms with Crippen molar-refractivity contribution >= 4 is 23.4 Å². The van der Waals surface area contributed by atoms with Crippen molar-refractivity contribution in [3.63, 3.8) is 0 Å². The van der Waals surface area contributed by atoms with E-state index in [1.54, 1.807) is 36.4 Å². The third kappa shape index (κ3) is 6.09. The highest BCUT2D eigenvalue weighted by Gasteiger charge is 2.15. The van der Waals surface area contributed by atoms with E-state index < -0.39 is 0 Å². The highest BCUT2D eigenvalue weighted by molar-refractivity contribution is 6.30. The molecule has 0 aliphatic carbocycles. The van der Waals surface area contributed by atoms with Gasteiger partial charge in [0.25, 0.3) is 11.8 Å². The first-order chi connectivity index (χ1) is 14.5. The largest absolute Gasteiger partial charge is 0.483 e. The number of para-hydroxylation sites is 1. The fraction of sp³-hybridized carbons (Fsp3) is 0.167. The molecule has 5 nitrogen and oxygen atoms in total. The molecule has 0 aromatic heterocycles. The van der Waals surface area contributed by atoms with Crippen molar-refractivity contribution < 1.29 is 14.3 Å². The van der Waals surface area contributed by atoms with Crippen LogP contribution in [0.25, 0.3) is 0 Å². The van der Waals surface area contributed by atoms with Crippen LogP contribution < -0.4 is 15.4 Å². The zero-order valence-corrected chi connectivity index (χ0v) is 17.4. The van der Waals surface area contributed by atoms with Gasteiger partial charge in [-0.3, -0.25) is 9.59 Å². The second kappa shape index (κ2) is 10.5. The Balaban J connectivity index is 1.56. The molecular formula is C24H23ClN2O3. The normalized spacial score (nSPS) is 11.4. The average molecular weight is 423 g/mol. The van der Waals surface area contributed by atoms with Crippen molar-refractivity contribution in [1.82, 2.24) is 10.6 Å². The smallest absolute Gasteiger partial charge is 0.258 e. The third-order valence-corrected chi connectivity index (χ3v) is 4.75. The number of amides is 2. The third-order valence-electron chi connectivity index (χ3n) is 4.51. The molecule has 154 valence electrons. The fourth-order valence-electron chi connectivity index (χ4n) is 2.94. The van der Waals surface area contributed by atoms with Crippen molar-refractivity contribution in [3.05, 3.63) is 101 Å². The summed E-state index contributed by atoms with van der Waals surface area (Å²) < 4.78 is 5.63. The number of carbonyl (C=O) groups excluding carboxylic acids is 2. The van der Waals surface area contributed by atoms with E-state index >= 15 is 0 Å². The molecule has 0 radical (unpaired) electrons. The SMILES string of the molecule is CC(NC(=O)COc1ccccc1C(=O)NCc1ccccc1)c1cccc(Cl)c1. The summed E-state index contributed by atoms with van der Waals surface area (Å²) in [5.41, 5.74) is 2.28. The minimum absolute atomic E-state index is 0.201. The standard InChI is InChI=1S/C24H23ClN2O3/c1-17(19-10-7-11-20(25)14-19)27-23(28)16-30-22-13-6-5-12-21(22)24(29)26-15-18-8-3-2-4-9-18/h2-14,17H,15-16H2,1H3,(H,26,29)(H,27,28). The molecule has 2 amide bonds. The lowest BCUT2D eigenvalue weighted by Crippen LogP contribution is -2.31. The fourth-order valence-corrected chi connectivity index (χ4v) is 3.14. The van der Waals surface area contributed by atoms with Crippen LogP contribution in [-0.2, 0) is 11.3 Å². The molecular weight excluding hydrogens is 400 g/mol. The lowest BCUT2D eigenvalue weighted by Gasteiger charge is -2.16. The highest BCUT2D eigenvalue weighted by Crippen LogP contribution is 2.19. The molecule has 3 rings (SSSR count). The number of halogens is 1. The minimum atomic E-state index is -0.290. The molecule has 2 N–H and O–H groups in total. The monoisotopic (exact) mass is 422 g/mol. The number of benzene rings is 3. The predicted octanol–water partition coefficient (Wildman–Crippen LogP) is 4.53. The van der Waals surface area contributed by atoms with Gasteiger partial charge in [0, 0.05) is 11.6 Å². The first kappa shape index (κ1) is 21.4. The van der Waals surface area contributed by atoms with Crippen LogP contribution in [0, 0.1) is 0 Å². The van der Waals surface area contributed by atoms with E-state index in [1.165, 1.54) is 0 Å². The molecule has 0 aliphatic heterocycles. The Morgan fingerprint density at radius 3 is 2.47 bits per heavy atom. The summed E-state index contributed by atoms with van der Waals surface area (Å²) >= 11 is 6.00. The van der Waals surface area contributed by atoms with Gasteiger partial charge in [-0.25, -0.2) is 0 Å². The zero-order valence-electron chi connectivity index (χ0n) is 16.6. The van der Waals surface area contributed by atoms with E-state index in [4.69, 9.17) is 16.3 Å². The van der Waals surface area contributed by atoms with Crippen LogP contribution in [0.2, 0.25) is 5.02 Å². The van der Waals surface area contributed by atoms with Gasteiger partial charge >= 0.3 is 0 Å². The molecule has 0 aliphatic rings. The summed E-state index contributed by atoms with van der Waals surface area (Å²) in [5, 5.41) is 6.35. The first-order valence-electron chi connectivity index (χ1n) is 9.61. The molecule has 30 heavy (non-hydrogen) atoms. The Labute approximate surface area is 181 Å². The lowest BCUT2D eigenvalue weighted by atomic mass is 10.1. The number of hydrogen-bond donors (Lipinski definition) is 2. The van der Waals surface area contributed by atoms with Crippen molar-refractivity contribution in [1.29, 1.82) is 0 Å². The summed E-state index contributed by atoms with van der Waals surface area (Å²) in [6.45, 7) is 2.08. The van der Waals surface area contributed by atoms with Crippen molar-refractivity contribution in [2.45, 2.75) is 19.5 Å². The first-order valence-corrected chi connectivity index (χ1v) is 9.99.